The molecule has 2 N–H and O–H groups in total. The first-order valence-corrected chi connectivity index (χ1v) is 9.34. The molecule has 0 fully saturated rings. The maximum absolute atomic E-state index is 12.2. The third-order valence-corrected chi connectivity index (χ3v) is 4.44. The second kappa shape index (κ2) is 9.59. The molecule has 152 valence electrons. The molecule has 3 rings (SSSR count). The van der Waals surface area contributed by atoms with Gasteiger partial charge >= 0.3 is 6.03 Å². The minimum Gasteiger partial charge on any atom is -0.497 e. The molecule has 8 nitrogen and oxygen atoms in total. The molecule has 2 aromatic rings. The van der Waals surface area contributed by atoms with Gasteiger partial charge in [0, 0.05) is 13.1 Å². The third kappa shape index (κ3) is 5.04. The average Bonchev–Trinajstić information content (AvgIpc) is 2.99. The van der Waals surface area contributed by atoms with E-state index in [0.29, 0.717) is 43.0 Å². The summed E-state index contributed by atoms with van der Waals surface area (Å²) < 4.78 is 10.6. The van der Waals surface area contributed by atoms with E-state index < -0.39 is 0 Å². The standard InChI is InChI=1S/C21H23N3O5/c1-28-15-7-9-16(10-8-15)29-14-12-23-21(27)22-11-4-13-24-19(25)17-5-2-3-6-18(17)20(24)26/h2-3,5-10H,4,11-14H2,1H3,(H2,22,23,27). The summed E-state index contributed by atoms with van der Waals surface area (Å²) >= 11 is 0. The highest BCUT2D eigenvalue weighted by atomic mass is 16.5. The van der Waals surface area contributed by atoms with Gasteiger partial charge in [-0.3, -0.25) is 14.5 Å². The number of imide groups is 1. The van der Waals surface area contributed by atoms with Crippen molar-refractivity contribution in [3.05, 3.63) is 59.7 Å². The van der Waals surface area contributed by atoms with Gasteiger partial charge < -0.3 is 20.1 Å². The average molecular weight is 397 g/mol. The zero-order valence-corrected chi connectivity index (χ0v) is 16.1. The molecule has 1 aliphatic heterocycles. The highest BCUT2D eigenvalue weighted by molar-refractivity contribution is 6.21. The van der Waals surface area contributed by atoms with Gasteiger partial charge in [-0.05, 0) is 42.8 Å². The number of ether oxygens (including phenoxy) is 2. The number of hydrogen-bond acceptors (Lipinski definition) is 5. The van der Waals surface area contributed by atoms with Crippen LogP contribution in [0.5, 0.6) is 11.5 Å². The highest BCUT2D eigenvalue weighted by Gasteiger charge is 2.34. The lowest BCUT2D eigenvalue weighted by molar-refractivity contribution is 0.0653. The maximum Gasteiger partial charge on any atom is 0.314 e. The normalized spacial score (nSPS) is 12.5. The van der Waals surface area contributed by atoms with Crippen LogP contribution in [-0.2, 0) is 0 Å². The minimum absolute atomic E-state index is 0.257. The van der Waals surface area contributed by atoms with Crippen molar-refractivity contribution in [2.24, 2.45) is 0 Å². The Morgan fingerprint density at radius 1 is 0.897 bits per heavy atom. The van der Waals surface area contributed by atoms with Crippen LogP contribution in [-0.4, -0.2) is 56.1 Å². The number of hydrogen-bond donors (Lipinski definition) is 2. The lowest BCUT2D eigenvalue weighted by atomic mass is 10.1. The maximum atomic E-state index is 12.2. The van der Waals surface area contributed by atoms with Gasteiger partial charge in [-0.25, -0.2) is 4.79 Å². The third-order valence-electron chi connectivity index (χ3n) is 4.44. The largest absolute Gasteiger partial charge is 0.497 e. The van der Waals surface area contributed by atoms with Crippen LogP contribution in [0.1, 0.15) is 27.1 Å². The van der Waals surface area contributed by atoms with E-state index in [0.717, 1.165) is 5.75 Å². The molecule has 1 heterocycles. The van der Waals surface area contributed by atoms with Crippen LogP contribution in [0.4, 0.5) is 4.79 Å². The van der Waals surface area contributed by atoms with Gasteiger partial charge in [0.1, 0.15) is 18.1 Å². The molecular formula is C21H23N3O5. The molecular weight excluding hydrogens is 374 g/mol. The Balaban J connectivity index is 1.29. The van der Waals surface area contributed by atoms with Crippen LogP contribution in [0, 0.1) is 0 Å². The topological polar surface area (TPSA) is 97.0 Å². The fraction of sp³-hybridized carbons (Fsp3) is 0.286. The summed E-state index contributed by atoms with van der Waals surface area (Å²) in [7, 11) is 1.60. The molecule has 0 spiro atoms. The summed E-state index contributed by atoms with van der Waals surface area (Å²) in [5.74, 6) is 0.862. The summed E-state index contributed by atoms with van der Waals surface area (Å²) in [4.78, 5) is 37.5. The Hall–Kier alpha value is -3.55. The van der Waals surface area contributed by atoms with Crippen LogP contribution < -0.4 is 20.1 Å². The molecule has 1 aliphatic rings. The van der Waals surface area contributed by atoms with Gasteiger partial charge in [-0.2, -0.15) is 0 Å². The number of nitrogens with zero attached hydrogens (tertiary/aromatic N) is 1. The summed E-state index contributed by atoms with van der Waals surface area (Å²) in [5.41, 5.74) is 0.861. The predicted molar refractivity (Wildman–Crippen MR) is 106 cm³/mol. The number of nitrogens with one attached hydrogen (secondary N) is 2. The zero-order chi connectivity index (χ0) is 20.6. The van der Waals surface area contributed by atoms with Crippen molar-refractivity contribution in [2.75, 3.05) is 33.4 Å². The van der Waals surface area contributed by atoms with E-state index in [4.69, 9.17) is 9.47 Å². The molecule has 2 aromatic carbocycles. The van der Waals surface area contributed by atoms with Crippen LogP contribution >= 0.6 is 0 Å². The predicted octanol–water partition coefficient (Wildman–Crippen LogP) is 2.06. The van der Waals surface area contributed by atoms with E-state index in [9.17, 15) is 14.4 Å². The second-order valence-electron chi connectivity index (χ2n) is 6.37. The summed E-state index contributed by atoms with van der Waals surface area (Å²) in [6.07, 6.45) is 0.473. The molecule has 0 saturated carbocycles. The monoisotopic (exact) mass is 397 g/mol. The second-order valence-corrected chi connectivity index (χ2v) is 6.37. The quantitative estimate of drug-likeness (QED) is 0.499. The fourth-order valence-electron chi connectivity index (χ4n) is 2.95. The van der Waals surface area contributed by atoms with Crippen molar-refractivity contribution in [2.45, 2.75) is 6.42 Å². The van der Waals surface area contributed by atoms with Crippen molar-refractivity contribution in [1.29, 1.82) is 0 Å². The first-order chi connectivity index (χ1) is 14.1. The number of carbonyl (C=O) groups excluding carboxylic acids is 3. The first-order valence-electron chi connectivity index (χ1n) is 9.34. The van der Waals surface area contributed by atoms with Gasteiger partial charge in [0.2, 0.25) is 0 Å². The smallest absolute Gasteiger partial charge is 0.314 e. The Bertz CT molecular complexity index is 847. The van der Waals surface area contributed by atoms with Gasteiger partial charge in [-0.1, -0.05) is 12.1 Å². The number of amides is 4. The van der Waals surface area contributed by atoms with Crippen LogP contribution in [0.25, 0.3) is 0 Å². The van der Waals surface area contributed by atoms with E-state index in [2.05, 4.69) is 10.6 Å². The van der Waals surface area contributed by atoms with Gasteiger partial charge in [0.25, 0.3) is 11.8 Å². The number of methoxy groups -OCH3 is 1. The Morgan fingerprint density at radius 3 is 2.10 bits per heavy atom. The van der Waals surface area contributed by atoms with E-state index in [1.807, 2.05) is 0 Å². The summed E-state index contributed by atoms with van der Waals surface area (Å²) in [6.45, 7) is 1.27. The molecule has 0 aromatic heterocycles. The number of benzene rings is 2. The molecule has 0 aliphatic carbocycles. The molecule has 8 heteroatoms. The lowest BCUT2D eigenvalue weighted by Gasteiger charge is -2.14. The zero-order valence-electron chi connectivity index (χ0n) is 16.1. The molecule has 4 amide bonds. The van der Waals surface area contributed by atoms with E-state index >= 15 is 0 Å². The van der Waals surface area contributed by atoms with Crippen LogP contribution in [0.15, 0.2) is 48.5 Å². The molecule has 0 saturated heterocycles. The van der Waals surface area contributed by atoms with Crippen LogP contribution in [0.2, 0.25) is 0 Å². The highest BCUT2D eigenvalue weighted by Crippen LogP contribution is 2.22. The van der Waals surface area contributed by atoms with Crippen molar-refractivity contribution in [3.8, 4) is 11.5 Å². The number of rotatable bonds is 9. The van der Waals surface area contributed by atoms with Crippen molar-refractivity contribution in [3.63, 3.8) is 0 Å². The van der Waals surface area contributed by atoms with Crippen molar-refractivity contribution >= 4 is 17.8 Å². The van der Waals surface area contributed by atoms with E-state index in [1.54, 1.807) is 55.6 Å². The molecule has 29 heavy (non-hydrogen) atoms. The SMILES string of the molecule is COc1ccc(OCCNC(=O)NCCCN2C(=O)c3ccccc3C2=O)cc1. The Labute approximate surface area is 168 Å². The van der Waals surface area contributed by atoms with E-state index in [-0.39, 0.29) is 24.4 Å². The van der Waals surface area contributed by atoms with E-state index in [1.165, 1.54) is 4.90 Å². The number of carbonyl (C=O) groups is 3. The molecule has 0 unspecified atom stereocenters. The molecule has 0 radical (unpaired) electrons. The Morgan fingerprint density at radius 2 is 1.48 bits per heavy atom. The van der Waals surface area contributed by atoms with Gasteiger partial charge in [-0.15, -0.1) is 0 Å². The molecule has 0 atom stereocenters. The first kappa shape index (κ1) is 20.2. The number of urea groups is 1. The summed E-state index contributed by atoms with van der Waals surface area (Å²) in [5, 5.41) is 5.39. The summed E-state index contributed by atoms with van der Waals surface area (Å²) in [6, 6.07) is 13.6. The van der Waals surface area contributed by atoms with Crippen molar-refractivity contribution < 1.29 is 23.9 Å². The van der Waals surface area contributed by atoms with Gasteiger partial charge in [0.15, 0.2) is 0 Å². The molecule has 0 bridgehead atoms. The van der Waals surface area contributed by atoms with Gasteiger partial charge in [0.05, 0.1) is 24.8 Å². The van der Waals surface area contributed by atoms with Crippen LogP contribution in [0.3, 0.4) is 0 Å². The fourth-order valence-corrected chi connectivity index (χ4v) is 2.95. The Kier molecular flexibility index (Phi) is 6.67. The lowest BCUT2D eigenvalue weighted by Crippen LogP contribution is -2.39. The minimum atomic E-state index is -0.328. The van der Waals surface area contributed by atoms with Crippen molar-refractivity contribution in [1.82, 2.24) is 15.5 Å². The number of fused-ring (bicyclic) bond motifs is 1.